The molecule has 4 rings (SSSR count). The number of fused-ring (bicyclic) bond motifs is 1. The van der Waals surface area contributed by atoms with E-state index in [1.54, 1.807) is 19.2 Å². The maximum atomic E-state index is 12.5. The van der Waals surface area contributed by atoms with Crippen molar-refractivity contribution in [3.8, 4) is 17.3 Å². The fraction of sp³-hybridized carbons (Fsp3) is 0.0952. The summed E-state index contributed by atoms with van der Waals surface area (Å²) < 4.78 is 1.82. The van der Waals surface area contributed by atoms with E-state index >= 15 is 0 Å². The Balaban J connectivity index is 1.85. The molecule has 0 aliphatic carbocycles. The van der Waals surface area contributed by atoms with Crippen LogP contribution < -0.4 is 16.4 Å². The molecule has 0 atom stereocenters. The monoisotopic (exact) mass is 398 g/mol. The number of rotatable bonds is 5. The molecule has 0 fully saturated rings. The first-order chi connectivity index (χ1) is 14.6. The van der Waals surface area contributed by atoms with Gasteiger partial charge in [0.15, 0.2) is 0 Å². The summed E-state index contributed by atoms with van der Waals surface area (Å²) >= 11 is 0. The molecule has 3 aromatic heterocycles. The number of carbonyl (C=O) groups is 1. The number of anilines is 2. The lowest BCUT2D eigenvalue weighted by Crippen LogP contribution is -2.21. The predicted octanol–water partition coefficient (Wildman–Crippen LogP) is 2.22. The first-order valence-electron chi connectivity index (χ1n) is 9.16. The molecule has 0 aliphatic heterocycles. The van der Waals surface area contributed by atoms with Gasteiger partial charge in [-0.15, -0.1) is 0 Å². The van der Waals surface area contributed by atoms with Gasteiger partial charge in [0.25, 0.3) is 5.91 Å². The summed E-state index contributed by atoms with van der Waals surface area (Å²) in [7, 11) is 1.59. The number of hydrogen-bond donors (Lipinski definition) is 3. The molecule has 9 heteroatoms. The first kappa shape index (κ1) is 18.9. The van der Waals surface area contributed by atoms with Crippen LogP contribution in [0.15, 0.2) is 54.9 Å². The Kier molecular flexibility index (Phi) is 4.97. The Morgan fingerprint density at radius 1 is 1.17 bits per heavy atom. The van der Waals surface area contributed by atoms with Gasteiger partial charge in [0, 0.05) is 12.6 Å². The van der Waals surface area contributed by atoms with Gasteiger partial charge in [0.05, 0.1) is 17.9 Å². The molecule has 30 heavy (non-hydrogen) atoms. The lowest BCUT2D eigenvalue weighted by atomic mass is 10.1. The van der Waals surface area contributed by atoms with Crippen molar-refractivity contribution in [1.29, 1.82) is 5.26 Å². The Hall–Kier alpha value is -4.45. The topological polar surface area (TPSA) is 134 Å². The van der Waals surface area contributed by atoms with Crippen LogP contribution in [-0.4, -0.2) is 32.3 Å². The van der Waals surface area contributed by atoms with Gasteiger partial charge < -0.3 is 16.4 Å². The van der Waals surface area contributed by atoms with Crippen molar-refractivity contribution in [2.24, 2.45) is 0 Å². The fourth-order valence-corrected chi connectivity index (χ4v) is 3.27. The van der Waals surface area contributed by atoms with Crippen molar-refractivity contribution < 1.29 is 4.79 Å². The highest BCUT2D eigenvalue weighted by molar-refractivity contribution is 5.94. The van der Waals surface area contributed by atoms with Gasteiger partial charge in [0.2, 0.25) is 0 Å². The minimum atomic E-state index is -0.218. The summed E-state index contributed by atoms with van der Waals surface area (Å²) in [6, 6.07) is 17.1. The van der Waals surface area contributed by atoms with E-state index in [2.05, 4.69) is 20.6 Å². The van der Waals surface area contributed by atoms with Gasteiger partial charge in [-0.25, -0.2) is 15.0 Å². The molecule has 0 spiro atoms. The van der Waals surface area contributed by atoms with E-state index in [9.17, 15) is 10.1 Å². The third-order valence-electron chi connectivity index (χ3n) is 4.63. The Morgan fingerprint density at radius 3 is 2.70 bits per heavy atom. The summed E-state index contributed by atoms with van der Waals surface area (Å²) in [5.41, 5.74) is 9.42. The van der Waals surface area contributed by atoms with Crippen LogP contribution in [0.1, 0.15) is 21.7 Å². The number of nitrogens with one attached hydrogen (secondary N) is 2. The Morgan fingerprint density at radius 2 is 1.97 bits per heavy atom. The number of carbonyl (C=O) groups excluding carboxylic acids is 1. The Labute approximate surface area is 172 Å². The number of hydrogen-bond acceptors (Lipinski definition) is 7. The van der Waals surface area contributed by atoms with Crippen LogP contribution in [0, 0.1) is 11.3 Å². The summed E-state index contributed by atoms with van der Waals surface area (Å²) in [5.74, 6) is 0.216. The normalized spacial score (nSPS) is 10.5. The first-order valence-corrected chi connectivity index (χ1v) is 9.16. The lowest BCUT2D eigenvalue weighted by Gasteiger charge is -2.11. The summed E-state index contributed by atoms with van der Waals surface area (Å²) in [5, 5.41) is 15.1. The molecule has 0 saturated heterocycles. The zero-order valence-electron chi connectivity index (χ0n) is 16.1. The average Bonchev–Trinajstić information content (AvgIpc) is 3.16. The van der Waals surface area contributed by atoms with Crippen LogP contribution in [0.2, 0.25) is 0 Å². The largest absolute Gasteiger partial charge is 0.382 e. The maximum Gasteiger partial charge on any atom is 0.268 e. The van der Waals surface area contributed by atoms with Crippen LogP contribution in [0.5, 0.6) is 0 Å². The minimum absolute atomic E-state index is 0.107. The second kappa shape index (κ2) is 7.89. The van der Waals surface area contributed by atoms with E-state index in [1.807, 2.05) is 46.9 Å². The molecule has 4 N–H and O–H groups in total. The van der Waals surface area contributed by atoms with Crippen LogP contribution >= 0.6 is 0 Å². The summed E-state index contributed by atoms with van der Waals surface area (Å²) in [6.07, 6.45) is 1.30. The Bertz CT molecular complexity index is 1270. The van der Waals surface area contributed by atoms with Crippen LogP contribution in [0.25, 0.3) is 16.9 Å². The number of nitriles is 1. The fourth-order valence-electron chi connectivity index (χ4n) is 3.27. The highest BCUT2D eigenvalue weighted by Gasteiger charge is 2.19. The second-order valence-corrected chi connectivity index (χ2v) is 6.40. The van der Waals surface area contributed by atoms with Crippen molar-refractivity contribution in [3.05, 3.63) is 71.8 Å². The molecule has 1 amide bonds. The van der Waals surface area contributed by atoms with Gasteiger partial charge in [-0.2, -0.15) is 5.26 Å². The van der Waals surface area contributed by atoms with E-state index in [1.165, 1.54) is 6.33 Å². The molecular formula is C21H18N8O. The average molecular weight is 398 g/mol. The quantitative estimate of drug-likeness (QED) is 0.469. The van der Waals surface area contributed by atoms with Crippen molar-refractivity contribution in [1.82, 2.24) is 24.7 Å². The van der Waals surface area contributed by atoms with Gasteiger partial charge in [-0.1, -0.05) is 36.4 Å². The number of nitrogens with zero attached hydrogens (tertiary/aromatic N) is 5. The van der Waals surface area contributed by atoms with Crippen molar-refractivity contribution in [2.75, 3.05) is 18.1 Å². The van der Waals surface area contributed by atoms with E-state index in [4.69, 9.17) is 10.7 Å². The number of benzene rings is 1. The van der Waals surface area contributed by atoms with Crippen molar-refractivity contribution in [2.45, 2.75) is 6.54 Å². The van der Waals surface area contributed by atoms with Gasteiger partial charge >= 0.3 is 0 Å². The minimum Gasteiger partial charge on any atom is -0.382 e. The standard InChI is InChI=1S/C21H18N8O/c1-24-21(30)16-8-5-9-17-28-15(18(29(16)17)13-6-3-2-4-7-13)11-25-20-14(10-22)19(23)26-12-27-20/h2-9,12H,11H2,1H3,(H,24,30)(H3,23,25,26,27). The molecular weight excluding hydrogens is 380 g/mol. The van der Waals surface area contributed by atoms with Crippen LogP contribution in [-0.2, 0) is 6.54 Å². The van der Waals surface area contributed by atoms with Gasteiger partial charge in [0.1, 0.15) is 40.9 Å². The molecule has 9 nitrogen and oxygen atoms in total. The summed E-state index contributed by atoms with van der Waals surface area (Å²) in [6.45, 7) is 0.268. The van der Waals surface area contributed by atoms with E-state index in [0.29, 0.717) is 22.9 Å². The molecule has 4 aromatic rings. The zero-order chi connectivity index (χ0) is 21.1. The third kappa shape index (κ3) is 3.27. The molecule has 0 unspecified atom stereocenters. The maximum absolute atomic E-state index is 12.5. The van der Waals surface area contributed by atoms with Crippen LogP contribution in [0.4, 0.5) is 11.6 Å². The lowest BCUT2D eigenvalue weighted by molar-refractivity contribution is 0.0957. The highest BCUT2D eigenvalue weighted by atomic mass is 16.1. The van der Waals surface area contributed by atoms with Crippen LogP contribution in [0.3, 0.4) is 0 Å². The predicted molar refractivity (Wildman–Crippen MR) is 113 cm³/mol. The number of nitrogens with two attached hydrogens (primary N) is 1. The third-order valence-corrected chi connectivity index (χ3v) is 4.63. The highest BCUT2D eigenvalue weighted by Crippen LogP contribution is 2.28. The van der Waals surface area contributed by atoms with E-state index in [-0.39, 0.29) is 23.8 Å². The molecule has 0 radical (unpaired) electrons. The van der Waals surface area contributed by atoms with Crippen molar-refractivity contribution >= 4 is 23.2 Å². The number of imidazole rings is 1. The van der Waals surface area contributed by atoms with E-state index in [0.717, 1.165) is 11.3 Å². The van der Waals surface area contributed by atoms with Gasteiger partial charge in [-0.3, -0.25) is 9.20 Å². The number of aromatic nitrogens is 4. The molecule has 3 heterocycles. The van der Waals surface area contributed by atoms with E-state index < -0.39 is 0 Å². The number of amides is 1. The SMILES string of the molecule is CNC(=O)c1cccc2nc(CNc3ncnc(N)c3C#N)c(-c3ccccc3)n12. The van der Waals surface area contributed by atoms with Crippen molar-refractivity contribution in [3.63, 3.8) is 0 Å². The molecule has 1 aromatic carbocycles. The second-order valence-electron chi connectivity index (χ2n) is 6.40. The number of pyridine rings is 1. The van der Waals surface area contributed by atoms with Gasteiger partial charge in [-0.05, 0) is 12.1 Å². The zero-order valence-corrected chi connectivity index (χ0v) is 16.1. The molecule has 0 bridgehead atoms. The smallest absolute Gasteiger partial charge is 0.268 e. The molecule has 0 aliphatic rings. The molecule has 148 valence electrons. The number of nitrogen functional groups attached to an aromatic ring is 1. The molecule has 0 saturated carbocycles. The summed E-state index contributed by atoms with van der Waals surface area (Å²) in [4.78, 5) is 25.2.